The minimum absolute atomic E-state index is 0.479. The first-order valence-electron chi connectivity index (χ1n) is 16.0. The van der Waals surface area contributed by atoms with E-state index < -0.39 is 8.07 Å². The summed E-state index contributed by atoms with van der Waals surface area (Å²) in [6.45, 7) is 0. The fourth-order valence-corrected chi connectivity index (χ4v) is 12.4. The number of rotatable bonds is 6. The number of hydrogen-bond acceptors (Lipinski definition) is 2. The van der Waals surface area contributed by atoms with Gasteiger partial charge in [-0.3, -0.25) is 0 Å². The quantitative estimate of drug-likeness (QED) is 0.141. The van der Waals surface area contributed by atoms with Gasteiger partial charge in [-0.2, -0.15) is 10.5 Å². The normalized spacial score (nSPS) is 11.3. The number of para-hydroxylation sites is 2. The van der Waals surface area contributed by atoms with Gasteiger partial charge in [0, 0.05) is 16.5 Å². The predicted molar refractivity (Wildman–Crippen MR) is 199 cm³/mol. The van der Waals surface area contributed by atoms with Crippen molar-refractivity contribution in [3.8, 4) is 29.0 Å². The van der Waals surface area contributed by atoms with E-state index in [2.05, 4.69) is 162 Å². The number of nitriles is 2. The molecule has 48 heavy (non-hydrogen) atoms. The van der Waals surface area contributed by atoms with Crippen molar-refractivity contribution in [2.24, 2.45) is 0 Å². The van der Waals surface area contributed by atoms with Gasteiger partial charge < -0.3 is 4.57 Å². The highest BCUT2D eigenvalue weighted by Crippen LogP contribution is 2.33. The second-order valence-electron chi connectivity index (χ2n) is 11.9. The van der Waals surface area contributed by atoms with Crippen LogP contribution in [0.15, 0.2) is 176 Å². The highest BCUT2D eigenvalue weighted by molar-refractivity contribution is 7.20. The van der Waals surface area contributed by atoms with E-state index in [1.165, 1.54) is 26.3 Å². The summed E-state index contributed by atoms with van der Waals surface area (Å²) < 4.78 is 2.30. The van der Waals surface area contributed by atoms with Crippen LogP contribution in [0.4, 0.5) is 0 Å². The predicted octanol–water partition coefficient (Wildman–Crippen LogP) is 7.57. The minimum Gasteiger partial charge on any atom is -0.309 e. The molecular weight excluding hydrogens is 599 g/mol. The molecule has 0 aliphatic carbocycles. The Balaban J connectivity index is 1.44. The third-order valence-electron chi connectivity index (χ3n) is 9.41. The van der Waals surface area contributed by atoms with Crippen molar-refractivity contribution in [1.29, 1.82) is 10.5 Å². The average Bonchev–Trinajstić information content (AvgIpc) is 3.50. The largest absolute Gasteiger partial charge is 0.309 e. The maximum atomic E-state index is 10.7. The smallest absolute Gasteiger partial charge is 0.180 e. The molecule has 8 rings (SSSR count). The van der Waals surface area contributed by atoms with Gasteiger partial charge >= 0.3 is 0 Å². The monoisotopic (exact) mass is 627 g/mol. The Morgan fingerprint density at radius 3 is 1.38 bits per heavy atom. The summed E-state index contributed by atoms with van der Waals surface area (Å²) in [7, 11) is -3.07. The molecule has 0 atom stereocenters. The van der Waals surface area contributed by atoms with E-state index >= 15 is 0 Å². The molecule has 0 unspecified atom stereocenters. The van der Waals surface area contributed by atoms with Gasteiger partial charge in [-0.05, 0) is 68.3 Å². The minimum atomic E-state index is -3.07. The maximum absolute atomic E-state index is 10.7. The van der Waals surface area contributed by atoms with Crippen LogP contribution in [0.3, 0.4) is 0 Å². The van der Waals surface area contributed by atoms with Gasteiger partial charge in [0.15, 0.2) is 8.07 Å². The molecule has 8 aromatic rings. The van der Waals surface area contributed by atoms with Crippen molar-refractivity contribution in [2.45, 2.75) is 0 Å². The first-order chi connectivity index (χ1) is 23.7. The SMILES string of the molecule is N#Cc1cc(C#N)c(-c2ccc(-n3c4ccccc4c4ccccc43)cc2)c([Si](c2ccccc2)(c2ccccc2)c2ccccc2)c1. The van der Waals surface area contributed by atoms with Crippen LogP contribution in [0.25, 0.3) is 38.6 Å². The molecule has 7 aromatic carbocycles. The van der Waals surface area contributed by atoms with Crippen LogP contribution in [0.1, 0.15) is 11.1 Å². The standard InChI is InChI=1S/C44H29N3Si/c45-30-32-28-34(31-46)44(33-24-26-35(27-25-33)47-41-22-12-10-20-39(41)40-21-11-13-23-42(40)47)43(29-32)48(36-14-4-1-5-15-36,37-16-6-2-7-17-37)38-18-8-3-9-19-38/h1-29H. The van der Waals surface area contributed by atoms with Crippen molar-refractivity contribution in [2.75, 3.05) is 0 Å². The topological polar surface area (TPSA) is 52.5 Å². The van der Waals surface area contributed by atoms with Gasteiger partial charge in [-0.1, -0.05) is 140 Å². The molecule has 0 aliphatic heterocycles. The second-order valence-corrected chi connectivity index (χ2v) is 15.7. The fourth-order valence-electron chi connectivity index (χ4n) is 7.41. The van der Waals surface area contributed by atoms with Crippen LogP contribution >= 0.6 is 0 Å². The van der Waals surface area contributed by atoms with Crippen LogP contribution in [0.5, 0.6) is 0 Å². The highest BCUT2D eigenvalue weighted by atomic mass is 28.3. The van der Waals surface area contributed by atoms with E-state index in [0.29, 0.717) is 11.1 Å². The number of fused-ring (bicyclic) bond motifs is 3. The van der Waals surface area contributed by atoms with Gasteiger partial charge in [0.25, 0.3) is 0 Å². The zero-order valence-electron chi connectivity index (χ0n) is 26.1. The van der Waals surface area contributed by atoms with Crippen LogP contribution < -0.4 is 20.7 Å². The van der Waals surface area contributed by atoms with Crippen LogP contribution in [-0.2, 0) is 0 Å². The Hall–Kier alpha value is -6.46. The summed E-state index contributed by atoms with van der Waals surface area (Å²) in [5.41, 5.74) is 6.12. The molecular formula is C44H29N3Si. The molecule has 0 N–H and O–H groups in total. The van der Waals surface area contributed by atoms with E-state index in [1.54, 1.807) is 6.07 Å². The van der Waals surface area contributed by atoms with Crippen molar-refractivity contribution < 1.29 is 0 Å². The summed E-state index contributed by atoms with van der Waals surface area (Å²) in [4.78, 5) is 0. The lowest BCUT2D eigenvalue weighted by molar-refractivity contribution is 1.18. The summed E-state index contributed by atoms with van der Waals surface area (Å²) in [6.07, 6.45) is 0. The number of nitrogens with zero attached hydrogens (tertiary/aromatic N) is 3. The van der Waals surface area contributed by atoms with Crippen molar-refractivity contribution in [1.82, 2.24) is 4.57 Å². The van der Waals surface area contributed by atoms with Crippen LogP contribution in [0, 0.1) is 22.7 Å². The van der Waals surface area contributed by atoms with Gasteiger partial charge in [-0.25, -0.2) is 0 Å². The first-order valence-corrected chi connectivity index (χ1v) is 18.0. The van der Waals surface area contributed by atoms with Gasteiger partial charge in [0.1, 0.15) is 0 Å². The zero-order chi connectivity index (χ0) is 32.5. The lowest BCUT2D eigenvalue weighted by atomic mass is 9.98. The molecule has 0 saturated heterocycles. The molecule has 1 heterocycles. The molecule has 0 amide bonds. The molecule has 0 spiro atoms. The van der Waals surface area contributed by atoms with Crippen LogP contribution in [-0.4, -0.2) is 12.6 Å². The maximum Gasteiger partial charge on any atom is 0.180 e. The van der Waals surface area contributed by atoms with Gasteiger partial charge in [0.2, 0.25) is 0 Å². The van der Waals surface area contributed by atoms with E-state index in [-0.39, 0.29) is 0 Å². The van der Waals surface area contributed by atoms with Crippen LogP contribution in [0.2, 0.25) is 0 Å². The molecule has 224 valence electrons. The fraction of sp³-hybridized carbons (Fsp3) is 0. The Bertz CT molecular complexity index is 2350. The van der Waals surface area contributed by atoms with E-state index in [0.717, 1.165) is 33.0 Å². The Morgan fingerprint density at radius 2 is 0.917 bits per heavy atom. The molecule has 0 fully saturated rings. The summed E-state index contributed by atoms with van der Waals surface area (Å²) in [5, 5.41) is 28.0. The Morgan fingerprint density at radius 1 is 0.458 bits per heavy atom. The first kappa shape index (κ1) is 29.0. The number of aromatic nitrogens is 1. The summed E-state index contributed by atoms with van der Waals surface area (Å²) >= 11 is 0. The van der Waals surface area contributed by atoms with Crippen molar-refractivity contribution in [3.05, 3.63) is 187 Å². The third-order valence-corrected chi connectivity index (χ3v) is 14.2. The van der Waals surface area contributed by atoms with Crippen molar-refractivity contribution in [3.63, 3.8) is 0 Å². The molecule has 0 radical (unpaired) electrons. The van der Waals surface area contributed by atoms with Crippen molar-refractivity contribution >= 4 is 50.6 Å². The lowest BCUT2D eigenvalue weighted by Crippen LogP contribution is -2.75. The number of benzene rings is 7. The van der Waals surface area contributed by atoms with Gasteiger partial charge in [0.05, 0.1) is 34.3 Å². The lowest BCUT2D eigenvalue weighted by Gasteiger charge is -2.36. The highest BCUT2D eigenvalue weighted by Gasteiger charge is 2.43. The molecule has 0 aliphatic rings. The second kappa shape index (κ2) is 12.0. The third kappa shape index (κ3) is 4.55. The number of hydrogen-bond donors (Lipinski definition) is 0. The zero-order valence-corrected chi connectivity index (χ0v) is 27.1. The molecule has 3 nitrogen and oxygen atoms in total. The van der Waals surface area contributed by atoms with E-state index in [4.69, 9.17) is 0 Å². The van der Waals surface area contributed by atoms with E-state index in [9.17, 15) is 10.5 Å². The molecule has 1 aromatic heterocycles. The Kier molecular flexibility index (Phi) is 7.27. The summed E-state index contributed by atoms with van der Waals surface area (Å²) in [6, 6.07) is 66.0. The van der Waals surface area contributed by atoms with E-state index in [1.807, 2.05) is 24.3 Å². The summed E-state index contributed by atoms with van der Waals surface area (Å²) in [5.74, 6) is 0. The molecule has 4 heteroatoms. The average molecular weight is 628 g/mol. The molecule has 0 saturated carbocycles. The Labute approximate surface area is 280 Å². The van der Waals surface area contributed by atoms with Gasteiger partial charge in [-0.15, -0.1) is 0 Å². The molecule has 0 bridgehead atoms.